The highest BCUT2D eigenvalue weighted by atomic mass is 32.2. The molecule has 0 fully saturated rings. The van der Waals surface area contributed by atoms with Crippen molar-refractivity contribution < 1.29 is 9.50 Å². The number of aromatic nitrogens is 1. The Morgan fingerprint density at radius 3 is 2.82 bits per heavy atom. The van der Waals surface area contributed by atoms with E-state index in [1.54, 1.807) is 25.3 Å². The fourth-order valence-corrected chi connectivity index (χ4v) is 2.46. The lowest BCUT2D eigenvalue weighted by atomic mass is 10.2. The molecule has 1 N–H and O–H groups in total. The molecule has 2 aromatic rings. The van der Waals surface area contributed by atoms with Crippen LogP contribution in [0.3, 0.4) is 0 Å². The Labute approximate surface area is 104 Å². The summed E-state index contributed by atoms with van der Waals surface area (Å²) in [5.41, 5.74) is 0.752. The van der Waals surface area contributed by atoms with Crippen LogP contribution in [0.1, 0.15) is 18.6 Å². The van der Waals surface area contributed by atoms with Crippen molar-refractivity contribution in [2.24, 2.45) is 0 Å². The molecular formula is C13H12FNOS. The Morgan fingerprint density at radius 1 is 1.29 bits per heavy atom. The van der Waals surface area contributed by atoms with E-state index >= 15 is 0 Å². The molecule has 0 aliphatic rings. The molecule has 4 heteroatoms. The topological polar surface area (TPSA) is 33.1 Å². The molecule has 0 amide bonds. The predicted molar refractivity (Wildman–Crippen MR) is 65.4 cm³/mol. The first kappa shape index (κ1) is 12.1. The van der Waals surface area contributed by atoms with Crippen molar-refractivity contribution in [2.45, 2.75) is 22.9 Å². The molecular weight excluding hydrogens is 237 g/mol. The lowest BCUT2D eigenvalue weighted by Crippen LogP contribution is -1.95. The third kappa shape index (κ3) is 3.05. The van der Waals surface area contributed by atoms with E-state index in [-0.39, 0.29) is 5.82 Å². The van der Waals surface area contributed by atoms with Crippen LogP contribution in [0.15, 0.2) is 52.5 Å². The standard InChI is InChI=1S/C13H12FNOS/c1-9(16)12-6-3-7-15-13(12)17-11-5-2-4-10(14)8-11/h2-9,16H,1H3. The van der Waals surface area contributed by atoms with E-state index in [0.717, 1.165) is 10.5 Å². The van der Waals surface area contributed by atoms with Gasteiger partial charge in [0.05, 0.1) is 6.10 Å². The van der Waals surface area contributed by atoms with Gasteiger partial charge in [0.2, 0.25) is 0 Å². The molecule has 1 unspecified atom stereocenters. The number of aliphatic hydroxyl groups is 1. The number of halogens is 1. The Balaban J connectivity index is 2.30. The van der Waals surface area contributed by atoms with Crippen molar-refractivity contribution in [3.8, 4) is 0 Å². The molecule has 0 aliphatic carbocycles. The van der Waals surface area contributed by atoms with Crippen LogP contribution in [0.4, 0.5) is 4.39 Å². The second-order valence-corrected chi connectivity index (χ2v) is 4.70. The predicted octanol–water partition coefficient (Wildman–Crippen LogP) is 3.43. The average molecular weight is 249 g/mol. The number of rotatable bonds is 3. The number of hydrogen-bond acceptors (Lipinski definition) is 3. The van der Waals surface area contributed by atoms with Crippen molar-refractivity contribution in [3.05, 3.63) is 54.0 Å². The Bertz CT molecular complexity index is 516. The van der Waals surface area contributed by atoms with Crippen LogP contribution in [0.25, 0.3) is 0 Å². The second-order valence-electron chi connectivity index (χ2n) is 3.63. The largest absolute Gasteiger partial charge is 0.389 e. The summed E-state index contributed by atoms with van der Waals surface area (Å²) in [5.74, 6) is -0.274. The molecule has 0 bridgehead atoms. The SMILES string of the molecule is CC(O)c1cccnc1Sc1cccc(F)c1. The van der Waals surface area contributed by atoms with Gasteiger partial charge in [-0.1, -0.05) is 23.9 Å². The molecule has 0 spiro atoms. The normalized spacial score (nSPS) is 12.4. The summed E-state index contributed by atoms with van der Waals surface area (Å²) in [6.07, 6.45) is 1.08. The van der Waals surface area contributed by atoms with Crippen LogP contribution in [-0.4, -0.2) is 10.1 Å². The highest BCUT2D eigenvalue weighted by molar-refractivity contribution is 7.99. The first-order chi connectivity index (χ1) is 8.16. The molecule has 2 rings (SSSR count). The molecule has 1 atom stereocenters. The van der Waals surface area contributed by atoms with Crippen molar-refractivity contribution in [1.82, 2.24) is 4.98 Å². The van der Waals surface area contributed by atoms with E-state index in [1.165, 1.54) is 23.9 Å². The number of nitrogens with zero attached hydrogens (tertiary/aromatic N) is 1. The lowest BCUT2D eigenvalue weighted by molar-refractivity contribution is 0.195. The van der Waals surface area contributed by atoms with Crippen LogP contribution in [0.2, 0.25) is 0 Å². The van der Waals surface area contributed by atoms with Gasteiger partial charge in [0, 0.05) is 16.7 Å². The number of hydrogen-bond donors (Lipinski definition) is 1. The van der Waals surface area contributed by atoms with Gasteiger partial charge in [-0.3, -0.25) is 0 Å². The summed E-state index contributed by atoms with van der Waals surface area (Å²) in [4.78, 5) is 4.97. The quantitative estimate of drug-likeness (QED) is 0.904. The minimum absolute atomic E-state index is 0.274. The summed E-state index contributed by atoms with van der Waals surface area (Å²) in [5, 5.41) is 10.3. The fourth-order valence-electron chi connectivity index (χ4n) is 1.45. The van der Waals surface area contributed by atoms with Crippen LogP contribution in [0.5, 0.6) is 0 Å². The Hall–Kier alpha value is -1.39. The van der Waals surface area contributed by atoms with E-state index < -0.39 is 6.10 Å². The molecule has 2 nitrogen and oxygen atoms in total. The summed E-state index contributed by atoms with van der Waals surface area (Å²) >= 11 is 1.35. The van der Waals surface area contributed by atoms with E-state index in [1.807, 2.05) is 12.1 Å². The van der Waals surface area contributed by atoms with Gasteiger partial charge in [-0.05, 0) is 31.2 Å². The molecule has 17 heavy (non-hydrogen) atoms. The average Bonchev–Trinajstić information content (AvgIpc) is 2.29. The molecule has 0 aliphatic heterocycles. The molecule has 88 valence electrons. The van der Waals surface area contributed by atoms with Crippen LogP contribution in [0, 0.1) is 5.82 Å². The highest BCUT2D eigenvalue weighted by Gasteiger charge is 2.10. The maximum atomic E-state index is 13.0. The second kappa shape index (κ2) is 5.29. The highest BCUT2D eigenvalue weighted by Crippen LogP contribution is 2.31. The van der Waals surface area contributed by atoms with Crippen molar-refractivity contribution in [3.63, 3.8) is 0 Å². The summed E-state index contributed by atoms with van der Waals surface area (Å²) in [6.45, 7) is 1.69. The molecule has 1 aromatic heterocycles. The minimum Gasteiger partial charge on any atom is -0.389 e. The molecule has 0 radical (unpaired) electrons. The summed E-state index contributed by atoms with van der Waals surface area (Å²) in [6, 6.07) is 9.91. The zero-order valence-corrected chi connectivity index (χ0v) is 10.1. The monoisotopic (exact) mass is 249 g/mol. The fraction of sp³-hybridized carbons (Fsp3) is 0.154. The maximum absolute atomic E-state index is 13.0. The van der Waals surface area contributed by atoms with Gasteiger partial charge >= 0.3 is 0 Å². The van der Waals surface area contributed by atoms with Gasteiger partial charge in [0.15, 0.2) is 0 Å². The van der Waals surface area contributed by atoms with E-state index in [4.69, 9.17) is 0 Å². The molecule has 0 saturated carbocycles. The van der Waals surface area contributed by atoms with Crippen LogP contribution < -0.4 is 0 Å². The maximum Gasteiger partial charge on any atom is 0.124 e. The van der Waals surface area contributed by atoms with E-state index in [2.05, 4.69) is 4.98 Å². The smallest absolute Gasteiger partial charge is 0.124 e. The molecule has 1 heterocycles. The minimum atomic E-state index is -0.584. The van der Waals surface area contributed by atoms with Gasteiger partial charge in [-0.2, -0.15) is 0 Å². The van der Waals surface area contributed by atoms with Gasteiger partial charge in [0.1, 0.15) is 10.8 Å². The van der Waals surface area contributed by atoms with Crippen LogP contribution in [-0.2, 0) is 0 Å². The first-order valence-electron chi connectivity index (χ1n) is 5.23. The lowest BCUT2D eigenvalue weighted by Gasteiger charge is -2.09. The third-order valence-corrected chi connectivity index (χ3v) is 3.29. The zero-order valence-electron chi connectivity index (χ0n) is 9.30. The first-order valence-corrected chi connectivity index (χ1v) is 6.05. The number of aliphatic hydroxyl groups excluding tert-OH is 1. The third-order valence-electron chi connectivity index (χ3n) is 2.26. The zero-order chi connectivity index (χ0) is 12.3. The molecule has 0 saturated heterocycles. The summed E-state index contributed by atoms with van der Waals surface area (Å²) in [7, 11) is 0. The van der Waals surface area contributed by atoms with Crippen molar-refractivity contribution in [2.75, 3.05) is 0 Å². The summed E-state index contributed by atoms with van der Waals surface area (Å²) < 4.78 is 13.0. The van der Waals surface area contributed by atoms with Gasteiger partial charge in [-0.15, -0.1) is 0 Å². The van der Waals surface area contributed by atoms with E-state index in [0.29, 0.717) is 5.03 Å². The van der Waals surface area contributed by atoms with Gasteiger partial charge in [0.25, 0.3) is 0 Å². The molecule has 1 aromatic carbocycles. The number of benzene rings is 1. The van der Waals surface area contributed by atoms with E-state index in [9.17, 15) is 9.50 Å². The van der Waals surface area contributed by atoms with Gasteiger partial charge in [-0.25, -0.2) is 9.37 Å². The Morgan fingerprint density at radius 2 is 2.12 bits per heavy atom. The van der Waals surface area contributed by atoms with Crippen molar-refractivity contribution >= 4 is 11.8 Å². The Kier molecular flexibility index (Phi) is 3.76. The van der Waals surface area contributed by atoms with Gasteiger partial charge < -0.3 is 5.11 Å². The van der Waals surface area contributed by atoms with Crippen molar-refractivity contribution in [1.29, 1.82) is 0 Å². The number of pyridine rings is 1. The van der Waals surface area contributed by atoms with Crippen LogP contribution >= 0.6 is 11.8 Å².